The summed E-state index contributed by atoms with van der Waals surface area (Å²) in [6.07, 6.45) is 1.41. The fraction of sp³-hybridized carbons (Fsp3) is 0.250. The molecule has 0 fully saturated rings. The third-order valence-corrected chi connectivity index (χ3v) is 4.40. The number of hydrogen-bond donors (Lipinski definition) is 3. The van der Waals surface area contributed by atoms with Gasteiger partial charge in [-0.1, -0.05) is 12.1 Å². The topological polar surface area (TPSA) is 101 Å². The van der Waals surface area contributed by atoms with Gasteiger partial charge in [-0.25, -0.2) is 0 Å². The summed E-state index contributed by atoms with van der Waals surface area (Å²) in [7, 11) is -3.70. The molecule has 6 nitrogen and oxygen atoms in total. The number of sulfonamides is 1. The molecule has 2 aromatic rings. The third-order valence-electron chi connectivity index (χ3n) is 3.02. The predicted molar refractivity (Wildman–Crippen MR) is 73.2 cm³/mol. The zero-order valence-corrected chi connectivity index (χ0v) is 11.6. The summed E-state index contributed by atoms with van der Waals surface area (Å²) in [5.74, 6) is 0. The van der Waals surface area contributed by atoms with Crippen molar-refractivity contribution in [3.8, 4) is 0 Å². The standard InChI is InChI=1S/C12H16N4O2S/c1-8-4-3-5-11(9(8)2)16-19(17,18)12-10(6-13)7-14-15-12/h3-5,7,16H,6,13H2,1-2H3,(H,14,15). The Morgan fingerprint density at radius 2 is 2.11 bits per heavy atom. The Bertz CT molecular complexity index is 692. The number of rotatable bonds is 4. The first kappa shape index (κ1) is 13.6. The maximum absolute atomic E-state index is 12.3. The molecule has 1 aromatic carbocycles. The van der Waals surface area contributed by atoms with Crippen molar-refractivity contribution < 1.29 is 8.42 Å². The molecule has 7 heteroatoms. The monoisotopic (exact) mass is 280 g/mol. The van der Waals surface area contributed by atoms with E-state index in [4.69, 9.17) is 5.73 Å². The molecular weight excluding hydrogens is 264 g/mol. The van der Waals surface area contributed by atoms with Crippen LogP contribution in [0.25, 0.3) is 0 Å². The highest BCUT2D eigenvalue weighted by molar-refractivity contribution is 7.92. The Morgan fingerprint density at radius 1 is 1.37 bits per heavy atom. The van der Waals surface area contributed by atoms with Crippen LogP contribution in [0.1, 0.15) is 16.7 Å². The van der Waals surface area contributed by atoms with Gasteiger partial charge in [-0.2, -0.15) is 13.5 Å². The average Bonchev–Trinajstić information content (AvgIpc) is 2.84. The molecule has 0 unspecified atom stereocenters. The van der Waals surface area contributed by atoms with Gasteiger partial charge < -0.3 is 5.73 Å². The summed E-state index contributed by atoms with van der Waals surface area (Å²) in [4.78, 5) is 0. The van der Waals surface area contributed by atoms with Gasteiger partial charge in [0.1, 0.15) is 0 Å². The fourth-order valence-electron chi connectivity index (χ4n) is 1.73. The van der Waals surface area contributed by atoms with E-state index in [9.17, 15) is 8.42 Å². The van der Waals surface area contributed by atoms with Crippen molar-refractivity contribution in [2.24, 2.45) is 5.73 Å². The van der Waals surface area contributed by atoms with Gasteiger partial charge in [0.05, 0.1) is 11.9 Å². The van der Waals surface area contributed by atoms with Gasteiger partial charge in [0.15, 0.2) is 5.03 Å². The number of nitrogens with two attached hydrogens (primary N) is 1. The molecular formula is C12H16N4O2S. The van der Waals surface area contributed by atoms with Crippen LogP contribution in [0.5, 0.6) is 0 Å². The van der Waals surface area contributed by atoms with Crippen LogP contribution in [0.4, 0.5) is 5.69 Å². The van der Waals surface area contributed by atoms with Crippen molar-refractivity contribution in [3.05, 3.63) is 41.1 Å². The summed E-state index contributed by atoms with van der Waals surface area (Å²) < 4.78 is 27.1. The second-order valence-corrected chi connectivity index (χ2v) is 5.90. The molecule has 4 N–H and O–H groups in total. The van der Waals surface area contributed by atoms with Crippen LogP contribution in [0.2, 0.25) is 0 Å². The van der Waals surface area contributed by atoms with Gasteiger partial charge >= 0.3 is 0 Å². The number of aryl methyl sites for hydroxylation is 1. The lowest BCUT2D eigenvalue weighted by Crippen LogP contribution is -2.17. The smallest absolute Gasteiger partial charge is 0.279 e. The first-order valence-corrected chi connectivity index (χ1v) is 7.25. The lowest BCUT2D eigenvalue weighted by atomic mass is 10.1. The van der Waals surface area contributed by atoms with Gasteiger partial charge in [0.25, 0.3) is 10.0 Å². The number of aromatic amines is 1. The highest BCUT2D eigenvalue weighted by atomic mass is 32.2. The quantitative estimate of drug-likeness (QED) is 0.785. The van der Waals surface area contributed by atoms with E-state index in [1.165, 1.54) is 6.20 Å². The minimum absolute atomic E-state index is 0.0101. The van der Waals surface area contributed by atoms with Crippen LogP contribution in [-0.2, 0) is 16.6 Å². The Hall–Kier alpha value is -1.86. The Labute approximate surface area is 112 Å². The molecule has 1 aromatic heterocycles. The number of benzene rings is 1. The SMILES string of the molecule is Cc1cccc(NS(=O)(=O)c2[nH]ncc2CN)c1C. The molecule has 1 heterocycles. The van der Waals surface area contributed by atoms with Crippen molar-refractivity contribution in [1.82, 2.24) is 10.2 Å². The minimum Gasteiger partial charge on any atom is -0.326 e. The second kappa shape index (κ2) is 5.02. The largest absolute Gasteiger partial charge is 0.326 e. The van der Waals surface area contributed by atoms with E-state index in [0.717, 1.165) is 11.1 Å². The Kier molecular flexibility index (Phi) is 3.59. The van der Waals surface area contributed by atoms with Crippen LogP contribution in [-0.4, -0.2) is 18.6 Å². The summed E-state index contributed by atoms with van der Waals surface area (Å²) in [6, 6.07) is 5.45. The number of H-pyrrole nitrogens is 1. The van der Waals surface area contributed by atoms with E-state index in [0.29, 0.717) is 11.3 Å². The maximum atomic E-state index is 12.3. The first-order valence-electron chi connectivity index (χ1n) is 5.77. The molecule has 0 spiro atoms. The number of aromatic nitrogens is 2. The normalized spacial score (nSPS) is 11.5. The summed E-state index contributed by atoms with van der Waals surface area (Å²) in [5, 5.41) is 6.20. The first-order chi connectivity index (χ1) is 8.95. The molecule has 0 atom stereocenters. The minimum atomic E-state index is -3.70. The molecule has 0 aliphatic rings. The molecule has 102 valence electrons. The summed E-state index contributed by atoms with van der Waals surface area (Å²) >= 11 is 0. The van der Waals surface area contributed by atoms with Gasteiger partial charge in [-0.3, -0.25) is 9.82 Å². The molecule has 0 saturated heterocycles. The molecule has 0 aliphatic heterocycles. The van der Waals surface area contributed by atoms with Crippen molar-refractivity contribution in [3.63, 3.8) is 0 Å². The average molecular weight is 280 g/mol. The van der Waals surface area contributed by atoms with Crippen LogP contribution in [0, 0.1) is 13.8 Å². The lowest BCUT2D eigenvalue weighted by molar-refractivity contribution is 0.595. The van der Waals surface area contributed by atoms with Crippen molar-refractivity contribution in [1.29, 1.82) is 0 Å². The maximum Gasteiger partial charge on any atom is 0.279 e. The van der Waals surface area contributed by atoms with Crippen LogP contribution >= 0.6 is 0 Å². The molecule has 19 heavy (non-hydrogen) atoms. The molecule has 0 bridgehead atoms. The van der Waals surface area contributed by atoms with Gasteiger partial charge in [0.2, 0.25) is 0 Å². The predicted octanol–water partition coefficient (Wildman–Crippen LogP) is 1.29. The van der Waals surface area contributed by atoms with Crippen molar-refractivity contribution >= 4 is 15.7 Å². The van der Waals surface area contributed by atoms with Gasteiger partial charge in [-0.15, -0.1) is 0 Å². The van der Waals surface area contributed by atoms with Crippen molar-refractivity contribution in [2.45, 2.75) is 25.4 Å². The highest BCUT2D eigenvalue weighted by Gasteiger charge is 2.21. The number of nitrogens with zero attached hydrogens (tertiary/aromatic N) is 1. The molecule has 0 amide bonds. The lowest BCUT2D eigenvalue weighted by Gasteiger charge is -2.11. The summed E-state index contributed by atoms with van der Waals surface area (Å²) in [5.41, 5.74) is 8.40. The Morgan fingerprint density at radius 3 is 2.79 bits per heavy atom. The second-order valence-electron chi connectivity index (χ2n) is 4.28. The van der Waals surface area contributed by atoms with E-state index in [1.807, 2.05) is 19.9 Å². The third kappa shape index (κ3) is 2.61. The van der Waals surface area contributed by atoms with Crippen LogP contribution < -0.4 is 10.5 Å². The molecule has 0 aliphatic carbocycles. The molecule has 2 rings (SSSR count). The van der Waals surface area contributed by atoms with Crippen LogP contribution in [0.15, 0.2) is 29.4 Å². The number of nitrogens with one attached hydrogen (secondary N) is 2. The van der Waals surface area contributed by atoms with Crippen molar-refractivity contribution in [2.75, 3.05) is 4.72 Å². The van der Waals surface area contributed by atoms with Gasteiger partial charge in [0, 0.05) is 12.1 Å². The van der Waals surface area contributed by atoms with Gasteiger partial charge in [-0.05, 0) is 31.0 Å². The van der Waals surface area contributed by atoms with E-state index in [2.05, 4.69) is 14.9 Å². The summed E-state index contributed by atoms with van der Waals surface area (Å²) in [6.45, 7) is 3.90. The van der Waals surface area contributed by atoms with E-state index in [1.54, 1.807) is 12.1 Å². The molecule has 0 radical (unpaired) electrons. The van der Waals surface area contributed by atoms with E-state index >= 15 is 0 Å². The molecule has 0 saturated carbocycles. The Balaban J connectivity index is 2.40. The zero-order valence-electron chi connectivity index (χ0n) is 10.8. The van der Waals surface area contributed by atoms with E-state index in [-0.39, 0.29) is 11.6 Å². The number of hydrogen-bond acceptors (Lipinski definition) is 4. The fourth-order valence-corrected chi connectivity index (χ4v) is 3.00. The number of anilines is 1. The van der Waals surface area contributed by atoms with E-state index < -0.39 is 10.0 Å². The van der Waals surface area contributed by atoms with Crippen LogP contribution in [0.3, 0.4) is 0 Å². The highest BCUT2D eigenvalue weighted by Crippen LogP contribution is 2.22. The zero-order chi connectivity index (χ0) is 14.0.